The molecular weight excluding hydrogens is 260 g/mol. The molecule has 0 bridgehead atoms. The Balaban J connectivity index is 0. The van der Waals surface area contributed by atoms with Gasteiger partial charge in [0.2, 0.25) is 0 Å². The Hall–Kier alpha value is 0.906. The number of rotatable bonds is 2. The van der Waals surface area contributed by atoms with Crippen LogP contribution in [0.2, 0.25) is 17.3 Å². The van der Waals surface area contributed by atoms with E-state index in [0.717, 1.165) is 0 Å². The molecule has 2 heteroatoms. The third-order valence-corrected chi connectivity index (χ3v) is 18.1. The van der Waals surface area contributed by atoms with Gasteiger partial charge in [0.1, 0.15) is 0 Å². The van der Waals surface area contributed by atoms with Crippen LogP contribution in [0.1, 0.15) is 9.27 Å². The van der Waals surface area contributed by atoms with E-state index >= 15 is 0 Å². The SMILES string of the molecule is [CH3][Ge]([CH3])([CH3])[Zr+2][C]1=CC=CC1.[H-].[H-]. The first kappa shape index (κ1) is 9.00. The molecule has 0 aromatic heterocycles. The first-order chi connectivity index (χ1) is 4.58. The predicted octanol–water partition coefficient (Wildman–Crippen LogP) is 2.97. The Kier molecular flexibility index (Phi) is 3.18. The molecule has 0 radical (unpaired) electrons. The smallest absolute Gasteiger partial charge is 1.00 e. The maximum atomic E-state index is 2.55. The second-order valence-electron chi connectivity index (χ2n) is 3.70. The van der Waals surface area contributed by atoms with Crippen molar-refractivity contribution in [3.05, 3.63) is 21.5 Å². The summed E-state index contributed by atoms with van der Waals surface area (Å²) in [6.45, 7) is 0. The van der Waals surface area contributed by atoms with Crippen LogP contribution >= 0.6 is 0 Å². The second-order valence-corrected chi connectivity index (χ2v) is 37.6. The molecule has 0 amide bonds. The summed E-state index contributed by atoms with van der Waals surface area (Å²) in [6, 6.07) is 0. The van der Waals surface area contributed by atoms with Gasteiger partial charge in [-0.15, -0.1) is 0 Å². The summed E-state index contributed by atoms with van der Waals surface area (Å²) < 4.78 is 1.83. The van der Waals surface area contributed by atoms with Crippen molar-refractivity contribution in [1.82, 2.24) is 0 Å². The van der Waals surface area contributed by atoms with Crippen LogP contribution in [0.5, 0.6) is 0 Å². The first-order valence-corrected chi connectivity index (χ1v) is 18.7. The predicted molar refractivity (Wildman–Crippen MR) is 47.4 cm³/mol. The Morgan fingerprint density at radius 3 is 2.60 bits per heavy atom. The van der Waals surface area contributed by atoms with Gasteiger partial charge in [-0.05, 0) is 0 Å². The minimum Gasteiger partial charge on any atom is -1.00 e. The fourth-order valence-corrected chi connectivity index (χ4v) is 18.6. The monoisotopic (exact) mass is 276 g/mol. The van der Waals surface area contributed by atoms with E-state index < -0.39 is 9.48 Å². The topological polar surface area (TPSA) is 0 Å². The summed E-state index contributed by atoms with van der Waals surface area (Å²) in [4.78, 5) is 0. The van der Waals surface area contributed by atoms with Gasteiger partial charge >= 0.3 is 75.4 Å². The molecule has 10 heavy (non-hydrogen) atoms. The molecule has 0 spiro atoms. The van der Waals surface area contributed by atoms with Gasteiger partial charge in [-0.1, -0.05) is 0 Å². The van der Waals surface area contributed by atoms with Crippen molar-refractivity contribution in [2.75, 3.05) is 0 Å². The van der Waals surface area contributed by atoms with Crippen molar-refractivity contribution >= 4 is 9.48 Å². The minimum atomic E-state index is -1.11. The largest absolute Gasteiger partial charge is 1.00 e. The van der Waals surface area contributed by atoms with E-state index in [-0.39, 0.29) is 23.6 Å². The summed E-state index contributed by atoms with van der Waals surface area (Å²) in [5.41, 5.74) is 0. The molecule has 0 heterocycles. The quantitative estimate of drug-likeness (QED) is 0.680. The van der Waals surface area contributed by atoms with E-state index in [1.807, 2.05) is 3.28 Å². The fraction of sp³-hybridized carbons (Fsp3) is 0.500. The van der Waals surface area contributed by atoms with Crippen LogP contribution in [0.3, 0.4) is 0 Å². The fourth-order valence-electron chi connectivity index (χ4n) is 1.02. The van der Waals surface area contributed by atoms with E-state index in [4.69, 9.17) is 0 Å². The zero-order valence-electron chi connectivity index (χ0n) is 8.94. The average Bonchev–Trinajstić information content (AvgIpc) is 2.12. The zero-order valence-corrected chi connectivity index (χ0v) is 11.5. The number of hydrogen-bond acceptors (Lipinski definition) is 0. The maximum Gasteiger partial charge on any atom is -1.00 e. The van der Waals surface area contributed by atoms with Crippen LogP contribution in [-0.4, -0.2) is 9.48 Å². The van der Waals surface area contributed by atoms with E-state index in [9.17, 15) is 0 Å². The summed E-state index contributed by atoms with van der Waals surface area (Å²) in [5.74, 6) is 7.64. The van der Waals surface area contributed by atoms with Crippen molar-refractivity contribution in [3.63, 3.8) is 0 Å². The Morgan fingerprint density at radius 1 is 1.50 bits per heavy atom. The van der Waals surface area contributed by atoms with E-state index in [1.54, 1.807) is 0 Å². The summed E-state index contributed by atoms with van der Waals surface area (Å²) in [7, 11) is -1.11. The van der Waals surface area contributed by atoms with Crippen LogP contribution in [0.15, 0.2) is 21.5 Å². The van der Waals surface area contributed by atoms with Gasteiger partial charge in [0.15, 0.2) is 0 Å². The van der Waals surface area contributed by atoms with Crippen molar-refractivity contribution in [3.8, 4) is 0 Å². The van der Waals surface area contributed by atoms with Crippen LogP contribution in [-0.2, 0) is 20.7 Å². The molecule has 0 fully saturated rings. The molecule has 1 rings (SSSR count). The third kappa shape index (κ3) is 3.34. The van der Waals surface area contributed by atoms with Gasteiger partial charge in [-0.3, -0.25) is 0 Å². The summed E-state index contributed by atoms with van der Waals surface area (Å²) >= 11 is -0.0592. The molecule has 0 unspecified atom stereocenters. The zero-order chi connectivity index (χ0) is 7.61. The van der Waals surface area contributed by atoms with Crippen molar-refractivity contribution in [1.29, 1.82) is 0 Å². The molecule has 56 valence electrons. The van der Waals surface area contributed by atoms with Gasteiger partial charge in [0, 0.05) is 0 Å². The minimum absolute atomic E-state index is 0. The van der Waals surface area contributed by atoms with Crippen LogP contribution in [0, 0.1) is 0 Å². The van der Waals surface area contributed by atoms with Gasteiger partial charge in [0.25, 0.3) is 0 Å². The van der Waals surface area contributed by atoms with Crippen LogP contribution < -0.4 is 0 Å². The van der Waals surface area contributed by atoms with E-state index in [2.05, 4.69) is 35.5 Å². The molecule has 0 nitrogen and oxygen atoms in total. The van der Waals surface area contributed by atoms with Crippen LogP contribution in [0.25, 0.3) is 0 Å². The van der Waals surface area contributed by atoms with Gasteiger partial charge in [-0.2, -0.15) is 0 Å². The van der Waals surface area contributed by atoms with E-state index in [1.165, 1.54) is 6.42 Å². The van der Waals surface area contributed by atoms with E-state index in [0.29, 0.717) is 0 Å². The molecule has 1 aliphatic carbocycles. The molecule has 1 aliphatic rings. The molecule has 0 aliphatic heterocycles. The summed E-state index contributed by atoms with van der Waals surface area (Å²) in [5, 5.41) is 0. The maximum absolute atomic E-state index is 2.55. The molecule has 0 aromatic carbocycles. The summed E-state index contributed by atoms with van der Waals surface area (Å²) in [6.07, 6.45) is 8.19. The second kappa shape index (κ2) is 3.54. The average molecular weight is 276 g/mol. The standard InChI is InChI=1S/C5H5.C3H9Ge.Zr.2H/c1-2-4-5-3-1;1-4(2)3;;;/h1-3H,4H2;1-3H3;;;/q;;+2;2*-1. The molecule has 0 saturated carbocycles. The van der Waals surface area contributed by atoms with Crippen molar-refractivity contribution in [2.24, 2.45) is 0 Å². The third-order valence-electron chi connectivity index (χ3n) is 1.31. The molecule has 0 N–H and O–H groups in total. The van der Waals surface area contributed by atoms with Gasteiger partial charge in [-0.25, -0.2) is 0 Å². The van der Waals surface area contributed by atoms with Gasteiger partial charge < -0.3 is 2.85 Å². The Labute approximate surface area is 77.8 Å². The normalized spacial score (nSPS) is 16.9. The molecule has 0 aromatic rings. The first-order valence-electron chi connectivity index (χ1n) is 3.72. The molecule has 0 saturated heterocycles. The Morgan fingerprint density at radius 2 is 2.20 bits per heavy atom. The van der Waals surface area contributed by atoms with Crippen LogP contribution in [0.4, 0.5) is 0 Å². The van der Waals surface area contributed by atoms with Crippen molar-refractivity contribution < 1.29 is 23.6 Å². The van der Waals surface area contributed by atoms with Gasteiger partial charge in [0.05, 0.1) is 0 Å². The molecule has 0 atom stereocenters. The van der Waals surface area contributed by atoms with Crippen molar-refractivity contribution in [2.45, 2.75) is 23.7 Å². The molecular formula is C8H16GeZr. The Bertz CT molecular complexity index is 182. The number of hydrogen-bond donors (Lipinski definition) is 0. The number of allylic oxidation sites excluding steroid dienone is 4.